The number of methoxy groups -OCH3 is 1. The molecule has 0 fully saturated rings. The van der Waals surface area contributed by atoms with Crippen LogP contribution in [0.3, 0.4) is 0 Å². The standard InChI is InChI=1S/C24H21FN2O3/c1-16-24(19-8-4-6-10-21(19)27(16)15-23(29)30-2)18-11-12-22(28)26(14-18)13-17-7-3-5-9-20(17)25/h3-12,14H,13,15H2,1-2H3. The third-order valence-corrected chi connectivity index (χ3v) is 5.32. The van der Waals surface area contributed by atoms with Gasteiger partial charge in [0.25, 0.3) is 5.56 Å². The molecule has 152 valence electrons. The number of carbonyl (C=O) groups is 1. The molecule has 0 atom stereocenters. The summed E-state index contributed by atoms with van der Waals surface area (Å²) in [5.41, 5.74) is 3.78. The molecule has 4 rings (SSSR count). The second kappa shape index (κ2) is 7.99. The lowest BCUT2D eigenvalue weighted by Gasteiger charge is -2.10. The van der Waals surface area contributed by atoms with Gasteiger partial charge in [0.05, 0.1) is 13.7 Å². The number of para-hydroxylation sites is 1. The van der Waals surface area contributed by atoms with Crippen LogP contribution in [-0.4, -0.2) is 22.2 Å². The predicted octanol–water partition coefficient (Wildman–Crippen LogP) is 4.14. The Labute approximate surface area is 173 Å². The summed E-state index contributed by atoms with van der Waals surface area (Å²) in [5, 5.41) is 0.968. The summed E-state index contributed by atoms with van der Waals surface area (Å²) in [5.74, 6) is -0.685. The van der Waals surface area contributed by atoms with Crippen LogP contribution in [0.2, 0.25) is 0 Å². The Morgan fingerprint density at radius 3 is 2.53 bits per heavy atom. The highest BCUT2D eigenvalue weighted by atomic mass is 19.1. The molecule has 2 aromatic heterocycles. The van der Waals surface area contributed by atoms with Crippen LogP contribution < -0.4 is 5.56 Å². The van der Waals surface area contributed by atoms with Gasteiger partial charge in [-0.15, -0.1) is 0 Å². The Hall–Kier alpha value is -3.67. The fraction of sp³-hybridized carbons (Fsp3) is 0.167. The van der Waals surface area contributed by atoms with Crippen molar-refractivity contribution in [2.45, 2.75) is 20.0 Å². The van der Waals surface area contributed by atoms with Gasteiger partial charge in [0, 0.05) is 45.6 Å². The van der Waals surface area contributed by atoms with E-state index in [1.54, 1.807) is 30.5 Å². The second-order valence-corrected chi connectivity index (χ2v) is 7.12. The molecule has 0 saturated carbocycles. The Morgan fingerprint density at radius 1 is 1.03 bits per heavy atom. The van der Waals surface area contributed by atoms with Crippen molar-refractivity contribution in [3.8, 4) is 11.1 Å². The Kier molecular flexibility index (Phi) is 5.23. The fourth-order valence-corrected chi connectivity index (χ4v) is 3.81. The first-order valence-electron chi connectivity index (χ1n) is 9.58. The largest absolute Gasteiger partial charge is 0.468 e. The molecule has 0 aliphatic carbocycles. The Bertz CT molecular complexity index is 1300. The van der Waals surface area contributed by atoms with Crippen molar-refractivity contribution in [1.82, 2.24) is 9.13 Å². The van der Waals surface area contributed by atoms with Gasteiger partial charge < -0.3 is 13.9 Å². The van der Waals surface area contributed by atoms with Crippen LogP contribution in [0.1, 0.15) is 11.3 Å². The van der Waals surface area contributed by atoms with Gasteiger partial charge in [-0.25, -0.2) is 4.39 Å². The van der Waals surface area contributed by atoms with E-state index in [0.717, 1.165) is 27.7 Å². The third kappa shape index (κ3) is 3.52. The van der Waals surface area contributed by atoms with E-state index in [-0.39, 0.29) is 30.4 Å². The monoisotopic (exact) mass is 404 g/mol. The number of esters is 1. The SMILES string of the molecule is COC(=O)Cn1c(C)c(-c2ccc(=O)n(Cc3ccccc3F)c2)c2ccccc21. The first-order chi connectivity index (χ1) is 14.5. The highest BCUT2D eigenvalue weighted by molar-refractivity contribution is 5.98. The predicted molar refractivity (Wildman–Crippen MR) is 114 cm³/mol. The van der Waals surface area contributed by atoms with Gasteiger partial charge in [-0.05, 0) is 25.1 Å². The molecule has 0 aliphatic rings. The van der Waals surface area contributed by atoms with E-state index in [1.807, 2.05) is 35.8 Å². The van der Waals surface area contributed by atoms with Crippen LogP contribution in [0, 0.1) is 12.7 Å². The van der Waals surface area contributed by atoms with E-state index in [0.29, 0.717) is 5.56 Å². The zero-order chi connectivity index (χ0) is 21.3. The van der Waals surface area contributed by atoms with E-state index >= 15 is 0 Å². The molecule has 0 bridgehead atoms. The van der Waals surface area contributed by atoms with Crippen molar-refractivity contribution in [3.05, 3.63) is 94.3 Å². The van der Waals surface area contributed by atoms with Crippen molar-refractivity contribution in [2.75, 3.05) is 7.11 Å². The van der Waals surface area contributed by atoms with Gasteiger partial charge in [0.1, 0.15) is 12.4 Å². The lowest BCUT2D eigenvalue weighted by atomic mass is 10.0. The number of ether oxygens (including phenoxy) is 1. The molecule has 0 aliphatic heterocycles. The summed E-state index contributed by atoms with van der Waals surface area (Å²) in [6.45, 7) is 2.17. The molecule has 5 nitrogen and oxygen atoms in total. The normalized spacial score (nSPS) is 11.0. The van der Waals surface area contributed by atoms with Crippen molar-refractivity contribution in [2.24, 2.45) is 0 Å². The molecule has 0 amide bonds. The van der Waals surface area contributed by atoms with Crippen molar-refractivity contribution in [1.29, 1.82) is 0 Å². The number of aromatic nitrogens is 2. The molecule has 2 heterocycles. The number of carbonyl (C=O) groups excluding carboxylic acids is 1. The molecule has 0 spiro atoms. The van der Waals surface area contributed by atoms with Crippen LogP contribution in [0.5, 0.6) is 0 Å². The number of pyridine rings is 1. The van der Waals surface area contributed by atoms with Crippen LogP contribution in [0.15, 0.2) is 71.7 Å². The minimum Gasteiger partial charge on any atom is -0.468 e. The molecular weight excluding hydrogens is 383 g/mol. The summed E-state index contributed by atoms with van der Waals surface area (Å²) in [6.07, 6.45) is 1.74. The van der Waals surface area contributed by atoms with Crippen molar-refractivity contribution in [3.63, 3.8) is 0 Å². The zero-order valence-electron chi connectivity index (χ0n) is 16.8. The summed E-state index contributed by atoms with van der Waals surface area (Å²) >= 11 is 0. The Balaban J connectivity index is 1.85. The first kappa shape index (κ1) is 19.6. The minimum absolute atomic E-state index is 0.0950. The molecule has 2 aromatic carbocycles. The van der Waals surface area contributed by atoms with Gasteiger partial charge in [-0.2, -0.15) is 0 Å². The highest BCUT2D eigenvalue weighted by Crippen LogP contribution is 2.34. The molecule has 30 heavy (non-hydrogen) atoms. The van der Waals surface area contributed by atoms with Gasteiger partial charge in [0.2, 0.25) is 0 Å². The first-order valence-corrected chi connectivity index (χ1v) is 9.58. The third-order valence-electron chi connectivity index (χ3n) is 5.32. The van der Waals surface area contributed by atoms with Gasteiger partial charge in [-0.3, -0.25) is 9.59 Å². The molecule has 0 N–H and O–H groups in total. The van der Waals surface area contributed by atoms with E-state index in [2.05, 4.69) is 0 Å². The number of nitrogens with zero attached hydrogens (tertiary/aromatic N) is 2. The lowest BCUT2D eigenvalue weighted by Crippen LogP contribution is -2.19. The summed E-state index contributed by atoms with van der Waals surface area (Å²) in [4.78, 5) is 24.4. The Morgan fingerprint density at radius 2 is 1.77 bits per heavy atom. The average molecular weight is 404 g/mol. The second-order valence-electron chi connectivity index (χ2n) is 7.12. The molecule has 4 aromatic rings. The van der Waals surface area contributed by atoms with Crippen LogP contribution >= 0.6 is 0 Å². The van der Waals surface area contributed by atoms with Gasteiger partial charge >= 0.3 is 5.97 Å². The number of hydrogen-bond donors (Lipinski definition) is 0. The van der Waals surface area contributed by atoms with Crippen LogP contribution in [0.4, 0.5) is 4.39 Å². The quantitative estimate of drug-likeness (QED) is 0.470. The van der Waals surface area contributed by atoms with E-state index < -0.39 is 0 Å². The van der Waals surface area contributed by atoms with E-state index in [9.17, 15) is 14.0 Å². The average Bonchev–Trinajstić information content (AvgIpc) is 3.03. The number of halogens is 1. The maximum absolute atomic E-state index is 14.1. The maximum atomic E-state index is 14.1. The van der Waals surface area contributed by atoms with Crippen molar-refractivity contribution < 1.29 is 13.9 Å². The topological polar surface area (TPSA) is 53.2 Å². The van der Waals surface area contributed by atoms with E-state index in [1.165, 1.54) is 23.8 Å². The summed E-state index contributed by atoms with van der Waals surface area (Å²) in [6, 6.07) is 17.5. The van der Waals surface area contributed by atoms with Crippen LogP contribution in [0.25, 0.3) is 22.0 Å². The highest BCUT2D eigenvalue weighted by Gasteiger charge is 2.18. The smallest absolute Gasteiger partial charge is 0.325 e. The number of fused-ring (bicyclic) bond motifs is 1. The van der Waals surface area contributed by atoms with E-state index in [4.69, 9.17) is 4.74 Å². The summed E-state index contributed by atoms with van der Waals surface area (Å²) < 4.78 is 22.3. The van der Waals surface area contributed by atoms with Crippen molar-refractivity contribution >= 4 is 16.9 Å². The number of rotatable bonds is 5. The molecule has 0 unspecified atom stereocenters. The number of benzene rings is 2. The van der Waals surface area contributed by atoms with Gasteiger partial charge in [0.15, 0.2) is 0 Å². The zero-order valence-corrected chi connectivity index (χ0v) is 16.8. The van der Waals surface area contributed by atoms with Gasteiger partial charge in [-0.1, -0.05) is 36.4 Å². The maximum Gasteiger partial charge on any atom is 0.325 e. The minimum atomic E-state index is -0.347. The molecule has 0 saturated heterocycles. The molecule has 6 heteroatoms. The van der Waals surface area contributed by atoms with Crippen LogP contribution in [-0.2, 0) is 22.6 Å². The lowest BCUT2D eigenvalue weighted by molar-refractivity contribution is -0.141. The fourth-order valence-electron chi connectivity index (χ4n) is 3.81. The number of hydrogen-bond acceptors (Lipinski definition) is 3. The summed E-state index contributed by atoms with van der Waals surface area (Å²) in [7, 11) is 1.36. The molecular formula is C24H21FN2O3. The molecule has 0 radical (unpaired) electrons.